The summed E-state index contributed by atoms with van der Waals surface area (Å²) in [5.74, 6) is -0.212. The van der Waals surface area contributed by atoms with Crippen molar-refractivity contribution >= 4 is 17.7 Å². The maximum atomic E-state index is 13.2. The Morgan fingerprint density at radius 3 is 2.58 bits per heavy atom. The molecular formula is C26H31NO6. The first-order chi connectivity index (χ1) is 16.0. The molecule has 0 aliphatic carbocycles. The van der Waals surface area contributed by atoms with Crippen LogP contribution in [0.1, 0.15) is 54.6 Å². The van der Waals surface area contributed by atoms with Crippen LogP contribution in [0, 0.1) is 5.92 Å². The summed E-state index contributed by atoms with van der Waals surface area (Å²) in [6.45, 7) is 2.23. The highest BCUT2D eigenvalue weighted by atomic mass is 16.5. The van der Waals surface area contributed by atoms with Gasteiger partial charge >= 0.3 is 5.97 Å². The highest BCUT2D eigenvalue weighted by Crippen LogP contribution is 2.41. The molecule has 176 valence electrons. The lowest BCUT2D eigenvalue weighted by molar-refractivity contribution is -0.156. The van der Waals surface area contributed by atoms with Crippen LogP contribution in [0.3, 0.4) is 0 Å². The zero-order chi connectivity index (χ0) is 23.8. The van der Waals surface area contributed by atoms with Crippen molar-refractivity contribution in [2.75, 3.05) is 27.4 Å². The van der Waals surface area contributed by atoms with E-state index in [1.54, 1.807) is 36.3 Å². The molecule has 2 atom stereocenters. The lowest BCUT2D eigenvalue weighted by Gasteiger charge is -2.40. The molecule has 1 aliphatic rings. The summed E-state index contributed by atoms with van der Waals surface area (Å²) in [7, 11) is 3.09. The second-order valence-corrected chi connectivity index (χ2v) is 8.04. The summed E-state index contributed by atoms with van der Waals surface area (Å²) in [5, 5.41) is 0. The molecule has 2 aromatic carbocycles. The number of hydrogen-bond acceptors (Lipinski definition) is 6. The lowest BCUT2D eigenvalue weighted by atomic mass is 9.83. The number of methoxy groups -OCH3 is 2. The molecule has 2 unspecified atom stereocenters. The predicted octanol–water partition coefficient (Wildman–Crippen LogP) is 4.21. The molecule has 33 heavy (non-hydrogen) atoms. The van der Waals surface area contributed by atoms with Crippen molar-refractivity contribution in [2.24, 2.45) is 5.92 Å². The van der Waals surface area contributed by atoms with E-state index in [-0.39, 0.29) is 24.7 Å². The normalized spacial score (nSPS) is 18.0. The quantitative estimate of drug-likeness (QED) is 0.396. The van der Waals surface area contributed by atoms with Crippen molar-refractivity contribution in [2.45, 2.75) is 38.6 Å². The van der Waals surface area contributed by atoms with Crippen LogP contribution in [0.2, 0.25) is 0 Å². The Morgan fingerprint density at radius 2 is 1.85 bits per heavy atom. The van der Waals surface area contributed by atoms with Crippen molar-refractivity contribution in [3.63, 3.8) is 0 Å². The van der Waals surface area contributed by atoms with Crippen LogP contribution in [0.15, 0.2) is 48.5 Å². The second-order valence-electron chi connectivity index (χ2n) is 8.04. The van der Waals surface area contributed by atoms with Crippen LogP contribution in [0.4, 0.5) is 0 Å². The SMILES string of the molecule is CCCCN1C(=O)CCC(C(=O)OCC(=O)c2cccc(OC)c2)C1c1ccccc1OC. The molecule has 3 rings (SSSR count). The fraction of sp³-hybridized carbons (Fsp3) is 0.423. The van der Waals surface area contributed by atoms with Crippen LogP contribution < -0.4 is 9.47 Å². The zero-order valence-electron chi connectivity index (χ0n) is 19.4. The van der Waals surface area contributed by atoms with Gasteiger partial charge in [0.2, 0.25) is 5.91 Å². The van der Waals surface area contributed by atoms with Gasteiger partial charge < -0.3 is 19.1 Å². The average Bonchev–Trinajstić information content (AvgIpc) is 2.86. The number of nitrogens with zero attached hydrogens (tertiary/aromatic N) is 1. The van der Waals surface area contributed by atoms with E-state index in [4.69, 9.17) is 14.2 Å². The third kappa shape index (κ3) is 5.72. The first-order valence-electron chi connectivity index (χ1n) is 11.3. The van der Waals surface area contributed by atoms with Gasteiger partial charge in [-0.15, -0.1) is 0 Å². The molecule has 0 aromatic heterocycles. The fourth-order valence-electron chi connectivity index (χ4n) is 4.21. The van der Waals surface area contributed by atoms with Gasteiger partial charge in [-0.05, 0) is 31.0 Å². The molecule has 7 heteroatoms. The van der Waals surface area contributed by atoms with Gasteiger partial charge in [0.1, 0.15) is 11.5 Å². The number of benzene rings is 2. The van der Waals surface area contributed by atoms with E-state index >= 15 is 0 Å². The highest BCUT2D eigenvalue weighted by molar-refractivity contribution is 5.98. The molecule has 0 saturated carbocycles. The molecule has 1 heterocycles. The Morgan fingerprint density at radius 1 is 1.06 bits per heavy atom. The number of piperidine rings is 1. The number of unbranched alkanes of at least 4 members (excludes halogenated alkanes) is 1. The standard InChI is InChI=1S/C26H31NO6/c1-4-5-15-27-24(29)14-13-21(25(27)20-11-6-7-12-23(20)32-3)26(30)33-17-22(28)18-9-8-10-19(16-18)31-2/h6-12,16,21,25H,4-5,13-15,17H2,1-3H3. The number of para-hydroxylation sites is 1. The molecule has 0 N–H and O–H groups in total. The van der Waals surface area contributed by atoms with Crippen LogP contribution in [-0.4, -0.2) is 49.9 Å². The molecule has 0 spiro atoms. The van der Waals surface area contributed by atoms with Crippen molar-refractivity contribution in [3.8, 4) is 11.5 Å². The lowest BCUT2D eigenvalue weighted by Crippen LogP contribution is -2.46. The van der Waals surface area contributed by atoms with E-state index in [1.807, 2.05) is 24.3 Å². The Bertz CT molecular complexity index is 988. The van der Waals surface area contributed by atoms with Gasteiger partial charge in [-0.25, -0.2) is 0 Å². The van der Waals surface area contributed by atoms with Crippen molar-refractivity contribution < 1.29 is 28.6 Å². The summed E-state index contributed by atoms with van der Waals surface area (Å²) in [5.41, 5.74) is 1.18. The molecule has 1 fully saturated rings. The molecule has 1 aliphatic heterocycles. The molecule has 2 aromatic rings. The molecule has 1 saturated heterocycles. The van der Waals surface area contributed by atoms with E-state index < -0.39 is 17.9 Å². The number of hydrogen-bond donors (Lipinski definition) is 0. The minimum Gasteiger partial charge on any atom is -0.497 e. The zero-order valence-corrected chi connectivity index (χ0v) is 19.4. The average molecular weight is 454 g/mol. The molecule has 0 radical (unpaired) electrons. The maximum Gasteiger partial charge on any atom is 0.311 e. The van der Waals surface area contributed by atoms with Crippen LogP contribution in [-0.2, 0) is 14.3 Å². The number of carbonyl (C=O) groups is 3. The maximum absolute atomic E-state index is 13.2. The van der Waals surface area contributed by atoms with Gasteiger partial charge in [0.05, 0.1) is 26.2 Å². The van der Waals surface area contributed by atoms with E-state index in [2.05, 4.69) is 6.92 Å². The summed E-state index contributed by atoms with van der Waals surface area (Å²) in [6.07, 6.45) is 2.37. The third-order valence-electron chi connectivity index (χ3n) is 5.96. The van der Waals surface area contributed by atoms with Gasteiger partial charge in [0, 0.05) is 24.1 Å². The first-order valence-corrected chi connectivity index (χ1v) is 11.3. The molecule has 0 bridgehead atoms. The smallest absolute Gasteiger partial charge is 0.311 e. The molecule has 1 amide bonds. The van der Waals surface area contributed by atoms with Gasteiger partial charge in [0.25, 0.3) is 0 Å². The highest BCUT2D eigenvalue weighted by Gasteiger charge is 2.42. The predicted molar refractivity (Wildman–Crippen MR) is 123 cm³/mol. The van der Waals surface area contributed by atoms with Crippen LogP contribution in [0.5, 0.6) is 11.5 Å². The fourth-order valence-corrected chi connectivity index (χ4v) is 4.21. The van der Waals surface area contributed by atoms with E-state index in [0.29, 0.717) is 30.0 Å². The number of ether oxygens (including phenoxy) is 3. The molecule has 7 nitrogen and oxygen atoms in total. The summed E-state index contributed by atoms with van der Waals surface area (Å²) in [4.78, 5) is 40.4. The number of likely N-dealkylation sites (tertiary alicyclic amines) is 1. The summed E-state index contributed by atoms with van der Waals surface area (Å²) in [6, 6.07) is 13.6. The number of carbonyl (C=O) groups excluding carboxylic acids is 3. The summed E-state index contributed by atoms with van der Waals surface area (Å²) >= 11 is 0. The van der Waals surface area contributed by atoms with Gasteiger partial charge in [-0.1, -0.05) is 43.7 Å². The minimum atomic E-state index is -0.589. The topological polar surface area (TPSA) is 82.1 Å². The van der Waals surface area contributed by atoms with Crippen LogP contribution in [0.25, 0.3) is 0 Å². The van der Waals surface area contributed by atoms with Gasteiger partial charge in [-0.3, -0.25) is 14.4 Å². The van der Waals surface area contributed by atoms with Crippen LogP contribution >= 0.6 is 0 Å². The van der Waals surface area contributed by atoms with E-state index in [1.165, 1.54) is 7.11 Å². The van der Waals surface area contributed by atoms with Gasteiger partial charge in [-0.2, -0.15) is 0 Å². The monoisotopic (exact) mass is 453 g/mol. The Hall–Kier alpha value is -3.35. The van der Waals surface area contributed by atoms with Crippen molar-refractivity contribution in [3.05, 3.63) is 59.7 Å². The Kier molecular flexibility index (Phi) is 8.46. The number of Topliss-reactive ketones (excluding diaryl/α,β-unsaturated/α-hetero) is 1. The number of esters is 1. The Labute approximate surface area is 194 Å². The van der Waals surface area contributed by atoms with E-state index in [9.17, 15) is 14.4 Å². The largest absolute Gasteiger partial charge is 0.497 e. The van der Waals surface area contributed by atoms with Crippen molar-refractivity contribution in [1.82, 2.24) is 4.90 Å². The molecular weight excluding hydrogens is 422 g/mol. The van der Waals surface area contributed by atoms with E-state index in [0.717, 1.165) is 18.4 Å². The Balaban J connectivity index is 1.82. The third-order valence-corrected chi connectivity index (χ3v) is 5.96. The summed E-state index contributed by atoms with van der Waals surface area (Å²) < 4.78 is 16.2. The van der Waals surface area contributed by atoms with Crippen molar-refractivity contribution in [1.29, 1.82) is 0 Å². The number of rotatable bonds is 10. The number of amides is 1. The first kappa shape index (κ1) is 24.3. The number of ketones is 1. The minimum absolute atomic E-state index is 0.0101. The van der Waals surface area contributed by atoms with Gasteiger partial charge in [0.15, 0.2) is 12.4 Å². The second kappa shape index (κ2) is 11.5.